The van der Waals surface area contributed by atoms with Gasteiger partial charge in [0.15, 0.2) is 0 Å². The average molecular weight is 283 g/mol. The zero-order valence-electron chi connectivity index (χ0n) is 11.7. The maximum atomic E-state index is 12.6. The monoisotopic (exact) mass is 283 g/mol. The van der Waals surface area contributed by atoms with Crippen LogP contribution in [0.4, 0.5) is 0 Å². The Morgan fingerprint density at radius 3 is 2.53 bits per heavy atom. The van der Waals surface area contributed by atoms with Crippen LogP contribution in [0, 0.1) is 6.92 Å². The van der Waals surface area contributed by atoms with Crippen molar-refractivity contribution in [3.8, 4) is 0 Å². The van der Waals surface area contributed by atoms with Crippen molar-refractivity contribution in [2.24, 2.45) is 0 Å². The van der Waals surface area contributed by atoms with Gasteiger partial charge in [-0.05, 0) is 31.0 Å². The van der Waals surface area contributed by atoms with E-state index in [0.717, 1.165) is 5.57 Å². The Hall–Kier alpha value is -1.17. The second-order valence-electron chi connectivity index (χ2n) is 4.65. The van der Waals surface area contributed by atoms with Gasteiger partial charge < -0.3 is 5.11 Å². The highest BCUT2D eigenvalue weighted by Crippen LogP contribution is 2.22. The first-order valence-electron chi connectivity index (χ1n) is 6.17. The van der Waals surface area contributed by atoms with E-state index < -0.39 is 10.0 Å². The maximum absolute atomic E-state index is 12.6. The van der Waals surface area contributed by atoms with E-state index in [9.17, 15) is 8.42 Å². The molecule has 0 fully saturated rings. The summed E-state index contributed by atoms with van der Waals surface area (Å²) in [5, 5.41) is 9.14. The largest absolute Gasteiger partial charge is 0.392 e. The number of sulfonamides is 1. The smallest absolute Gasteiger partial charge is 0.243 e. The van der Waals surface area contributed by atoms with Gasteiger partial charge in [-0.15, -0.1) is 0 Å². The van der Waals surface area contributed by atoms with Crippen LogP contribution in [0.2, 0.25) is 0 Å². The zero-order valence-corrected chi connectivity index (χ0v) is 12.5. The first kappa shape index (κ1) is 15.9. The Kier molecular flexibility index (Phi) is 5.29. The molecule has 0 saturated heterocycles. The van der Waals surface area contributed by atoms with Crippen molar-refractivity contribution in [1.82, 2.24) is 4.31 Å². The lowest BCUT2D eigenvalue weighted by Crippen LogP contribution is -2.32. The summed E-state index contributed by atoms with van der Waals surface area (Å²) < 4.78 is 26.6. The second-order valence-corrected chi connectivity index (χ2v) is 6.55. The Balaban J connectivity index is 3.28. The number of rotatable bonds is 6. The van der Waals surface area contributed by atoms with Gasteiger partial charge in [0.1, 0.15) is 0 Å². The lowest BCUT2D eigenvalue weighted by molar-refractivity contribution is 0.281. The highest BCUT2D eigenvalue weighted by molar-refractivity contribution is 7.89. The van der Waals surface area contributed by atoms with Crippen LogP contribution in [-0.4, -0.2) is 30.9 Å². The van der Waals surface area contributed by atoms with Gasteiger partial charge in [0.25, 0.3) is 0 Å². The Morgan fingerprint density at radius 2 is 2.05 bits per heavy atom. The summed E-state index contributed by atoms with van der Waals surface area (Å²) >= 11 is 0. The van der Waals surface area contributed by atoms with Crippen LogP contribution in [0.1, 0.15) is 25.0 Å². The molecule has 106 valence electrons. The molecule has 0 radical (unpaired) electrons. The molecule has 1 rings (SSSR count). The van der Waals surface area contributed by atoms with Crippen molar-refractivity contribution >= 4 is 10.0 Å². The minimum Gasteiger partial charge on any atom is -0.392 e. The van der Waals surface area contributed by atoms with E-state index in [-0.39, 0.29) is 11.5 Å². The number of hydrogen-bond donors (Lipinski definition) is 1. The van der Waals surface area contributed by atoms with Crippen LogP contribution < -0.4 is 0 Å². The standard InChI is InChI=1S/C14H21NO3S/c1-5-15(9-11(2)3)19(17,18)14-8-13(10-16)7-6-12(14)4/h6-8,16H,2,5,9-10H2,1,3-4H3. The molecular weight excluding hydrogens is 262 g/mol. The lowest BCUT2D eigenvalue weighted by Gasteiger charge is -2.22. The maximum Gasteiger partial charge on any atom is 0.243 e. The Bertz CT molecular complexity index is 564. The molecule has 4 nitrogen and oxygen atoms in total. The molecule has 0 aliphatic carbocycles. The fourth-order valence-corrected chi connectivity index (χ4v) is 3.61. The van der Waals surface area contributed by atoms with E-state index in [2.05, 4.69) is 6.58 Å². The van der Waals surface area contributed by atoms with Gasteiger partial charge >= 0.3 is 0 Å². The number of likely N-dealkylation sites (N-methyl/N-ethyl adjacent to an activating group) is 1. The summed E-state index contributed by atoms with van der Waals surface area (Å²) in [5.74, 6) is 0. The van der Waals surface area contributed by atoms with Gasteiger partial charge in [-0.25, -0.2) is 8.42 Å². The zero-order chi connectivity index (χ0) is 14.6. The van der Waals surface area contributed by atoms with E-state index in [4.69, 9.17) is 5.11 Å². The van der Waals surface area contributed by atoms with Crippen LogP contribution in [0.25, 0.3) is 0 Å². The summed E-state index contributed by atoms with van der Waals surface area (Å²) in [6.07, 6.45) is 0. The van der Waals surface area contributed by atoms with Crippen LogP contribution in [0.5, 0.6) is 0 Å². The molecule has 0 amide bonds. The van der Waals surface area contributed by atoms with Gasteiger partial charge in [0.05, 0.1) is 11.5 Å². The highest BCUT2D eigenvalue weighted by Gasteiger charge is 2.24. The molecule has 0 aliphatic rings. The summed E-state index contributed by atoms with van der Waals surface area (Å²) in [7, 11) is -3.55. The number of hydrogen-bond acceptors (Lipinski definition) is 3. The Labute approximate surface area is 115 Å². The molecule has 1 aromatic rings. The van der Waals surface area contributed by atoms with Crippen molar-refractivity contribution in [2.45, 2.75) is 32.3 Å². The quantitative estimate of drug-likeness (QED) is 0.813. The minimum atomic E-state index is -3.55. The molecule has 0 unspecified atom stereocenters. The van der Waals surface area contributed by atoms with Gasteiger partial charge in [0, 0.05) is 13.1 Å². The van der Waals surface area contributed by atoms with E-state index in [1.54, 1.807) is 32.9 Å². The molecule has 0 spiro atoms. The second kappa shape index (κ2) is 6.32. The molecule has 0 saturated carbocycles. The number of nitrogens with zero attached hydrogens (tertiary/aromatic N) is 1. The number of aryl methyl sites for hydroxylation is 1. The molecule has 0 bridgehead atoms. The third-order valence-corrected chi connectivity index (χ3v) is 4.91. The summed E-state index contributed by atoms with van der Waals surface area (Å²) in [4.78, 5) is 0.252. The molecular formula is C14H21NO3S. The molecule has 19 heavy (non-hydrogen) atoms. The topological polar surface area (TPSA) is 57.6 Å². The summed E-state index contributed by atoms with van der Waals surface area (Å²) in [6.45, 7) is 9.63. The number of aliphatic hydroxyl groups is 1. The molecule has 0 atom stereocenters. The van der Waals surface area contributed by atoms with Gasteiger partial charge in [0.2, 0.25) is 10.0 Å². The van der Waals surface area contributed by atoms with Crippen LogP contribution in [0.3, 0.4) is 0 Å². The van der Waals surface area contributed by atoms with Crippen molar-refractivity contribution in [3.05, 3.63) is 41.5 Å². The number of benzene rings is 1. The van der Waals surface area contributed by atoms with Crippen LogP contribution in [0.15, 0.2) is 35.2 Å². The lowest BCUT2D eigenvalue weighted by atomic mass is 10.2. The molecule has 0 aromatic heterocycles. The Morgan fingerprint density at radius 1 is 1.42 bits per heavy atom. The summed E-state index contributed by atoms with van der Waals surface area (Å²) in [6, 6.07) is 4.97. The predicted octanol–water partition coefficient (Wildman–Crippen LogP) is 2.07. The van der Waals surface area contributed by atoms with Gasteiger partial charge in [-0.1, -0.05) is 31.2 Å². The number of aliphatic hydroxyl groups excluding tert-OH is 1. The minimum absolute atomic E-state index is 0.171. The van der Waals surface area contributed by atoms with Crippen molar-refractivity contribution in [1.29, 1.82) is 0 Å². The van der Waals surface area contributed by atoms with Crippen molar-refractivity contribution < 1.29 is 13.5 Å². The molecule has 5 heteroatoms. The third-order valence-electron chi connectivity index (χ3n) is 2.85. The average Bonchev–Trinajstić information content (AvgIpc) is 2.35. The predicted molar refractivity (Wildman–Crippen MR) is 76.3 cm³/mol. The van der Waals surface area contributed by atoms with E-state index >= 15 is 0 Å². The van der Waals surface area contributed by atoms with Gasteiger partial charge in [-0.3, -0.25) is 0 Å². The fourth-order valence-electron chi connectivity index (χ4n) is 1.83. The SMILES string of the molecule is C=C(C)CN(CC)S(=O)(=O)c1cc(CO)ccc1C. The normalized spacial score (nSPS) is 11.8. The summed E-state index contributed by atoms with van der Waals surface area (Å²) in [5.41, 5.74) is 2.06. The van der Waals surface area contributed by atoms with E-state index in [1.165, 1.54) is 10.4 Å². The van der Waals surface area contributed by atoms with E-state index in [1.807, 2.05) is 0 Å². The molecule has 1 aromatic carbocycles. The van der Waals surface area contributed by atoms with E-state index in [0.29, 0.717) is 24.2 Å². The van der Waals surface area contributed by atoms with Crippen LogP contribution >= 0.6 is 0 Å². The molecule has 0 aliphatic heterocycles. The molecule has 1 N–H and O–H groups in total. The van der Waals surface area contributed by atoms with Crippen LogP contribution in [-0.2, 0) is 16.6 Å². The van der Waals surface area contributed by atoms with Gasteiger partial charge in [-0.2, -0.15) is 4.31 Å². The molecule has 0 heterocycles. The van der Waals surface area contributed by atoms with Crippen molar-refractivity contribution in [3.63, 3.8) is 0 Å². The fraction of sp³-hybridized carbons (Fsp3) is 0.429. The highest BCUT2D eigenvalue weighted by atomic mass is 32.2. The first-order chi connectivity index (χ1) is 8.82. The van der Waals surface area contributed by atoms with Crippen molar-refractivity contribution in [2.75, 3.05) is 13.1 Å². The first-order valence-corrected chi connectivity index (χ1v) is 7.61. The third kappa shape index (κ3) is 3.65.